The molecule has 0 amide bonds. The molecule has 1 aliphatic heterocycles. The Labute approximate surface area is 287 Å². The second-order valence-electron chi connectivity index (χ2n) is 14.0. The Morgan fingerprint density at radius 2 is 1.98 bits per heavy atom. The second-order valence-corrected chi connectivity index (χ2v) is 16.3. The molecule has 2 aromatic carbocycles. The molecule has 7 rings (SSSR count). The molecule has 1 aromatic heterocycles. The number of nitrogens with zero attached hydrogens (tertiary/aromatic N) is 3. The lowest BCUT2D eigenvalue weighted by atomic mass is 9.66. The zero-order valence-corrected chi connectivity index (χ0v) is 28.8. The number of aryl methyl sites for hydroxylation is 1. The van der Waals surface area contributed by atoms with Gasteiger partial charge in [-0.3, -0.25) is 0 Å². The number of carboxylic acid groups (broad SMARTS) is 1. The average molecular weight is 692 g/mol. The van der Waals surface area contributed by atoms with Crippen LogP contribution in [0.2, 0.25) is 5.02 Å². The predicted molar refractivity (Wildman–Crippen MR) is 184 cm³/mol. The van der Waals surface area contributed by atoms with Gasteiger partial charge >= 0.3 is 5.97 Å². The number of fused-ring (bicyclic) bond motifs is 3. The van der Waals surface area contributed by atoms with Gasteiger partial charge in [-0.1, -0.05) is 23.7 Å². The van der Waals surface area contributed by atoms with Crippen molar-refractivity contribution >= 4 is 33.1 Å². The van der Waals surface area contributed by atoms with Gasteiger partial charge in [0.05, 0.1) is 29.7 Å². The van der Waals surface area contributed by atoms with Crippen molar-refractivity contribution in [2.75, 3.05) is 37.5 Å². The number of ether oxygens (including phenoxy) is 2. The van der Waals surface area contributed by atoms with E-state index in [9.17, 15) is 18.3 Å². The molecule has 1 saturated carbocycles. The fourth-order valence-electron chi connectivity index (χ4n) is 8.50. The van der Waals surface area contributed by atoms with Crippen LogP contribution < -0.4 is 9.64 Å². The number of methoxy groups -OCH3 is 1. The summed E-state index contributed by atoms with van der Waals surface area (Å²) in [4.78, 5) is 22.4. The third kappa shape index (κ3) is 6.46. The van der Waals surface area contributed by atoms with E-state index >= 15 is 0 Å². The number of carboxylic acids is 1. The number of aromatic carboxylic acids is 1. The highest BCUT2D eigenvalue weighted by Crippen LogP contribution is 2.48. The van der Waals surface area contributed by atoms with E-state index in [1.54, 1.807) is 31.4 Å². The number of benzene rings is 2. The Morgan fingerprint density at radius 3 is 2.69 bits per heavy atom. The first kappa shape index (κ1) is 33.0. The summed E-state index contributed by atoms with van der Waals surface area (Å²) in [7, 11) is -1.77. The van der Waals surface area contributed by atoms with Crippen LogP contribution in [0.4, 0.5) is 5.69 Å². The van der Waals surface area contributed by atoms with E-state index in [1.807, 2.05) is 6.07 Å². The Balaban J connectivity index is 1.11. The standard InChI is InChI=1S/C37H42ClN3O6S/c1-46-34(25-7-5-24(6-8-25)21-48(44,45)36-39-16-3-17-40-36)30-12-9-28(30)20-41-22-37(15-2-4-26-18-29(38)11-13-31(26)37)23-47-33-14-10-27(35(42)43)19-32(33)41/h3,7,10-11,13-14,16-19,24,28,30,34H,2,4-6,8-9,12,15,20-23H2,1H3,(H,42,43)/t24-,28+,30-,34?,37?/m1/s1. The molecule has 1 N–H and O–H groups in total. The quantitative estimate of drug-likeness (QED) is 0.197. The SMILES string of the molecule is COC(C1=CC[C@@H](CS(=O)(=O)c2ncccn2)CC1)[C@@H]1CC[C@H]1CN1CC2(CCCc3cc(Cl)ccc32)COc2ccc(C(=O)O)cc21. The highest BCUT2D eigenvalue weighted by molar-refractivity contribution is 7.91. The van der Waals surface area contributed by atoms with Crippen molar-refractivity contribution in [3.63, 3.8) is 0 Å². The van der Waals surface area contributed by atoms with Gasteiger partial charge in [-0.25, -0.2) is 23.2 Å². The van der Waals surface area contributed by atoms with Crippen LogP contribution in [0.5, 0.6) is 5.75 Å². The van der Waals surface area contributed by atoms with Crippen molar-refractivity contribution in [1.29, 1.82) is 0 Å². The number of carbonyl (C=O) groups is 1. The normalized spacial score (nSPS) is 25.9. The van der Waals surface area contributed by atoms with E-state index in [4.69, 9.17) is 21.1 Å². The zero-order chi connectivity index (χ0) is 33.5. The van der Waals surface area contributed by atoms with Gasteiger partial charge < -0.3 is 19.5 Å². The zero-order valence-electron chi connectivity index (χ0n) is 27.2. The molecule has 2 heterocycles. The Kier molecular flexibility index (Phi) is 9.26. The number of rotatable bonds is 9. The lowest BCUT2D eigenvalue weighted by Gasteiger charge is -2.47. The smallest absolute Gasteiger partial charge is 0.335 e. The minimum absolute atomic E-state index is 0.0127. The third-order valence-electron chi connectivity index (χ3n) is 11.1. The van der Waals surface area contributed by atoms with E-state index in [2.05, 4.69) is 33.1 Å². The monoisotopic (exact) mass is 691 g/mol. The number of halogens is 1. The Morgan fingerprint density at radius 1 is 1.15 bits per heavy atom. The van der Waals surface area contributed by atoms with Crippen LogP contribution in [0.1, 0.15) is 66.4 Å². The summed E-state index contributed by atoms with van der Waals surface area (Å²) in [5, 5.41) is 10.5. The third-order valence-corrected chi connectivity index (χ3v) is 13.0. The van der Waals surface area contributed by atoms with Crippen LogP contribution in [0.15, 0.2) is 71.7 Å². The van der Waals surface area contributed by atoms with Crippen molar-refractivity contribution in [2.24, 2.45) is 17.8 Å². The van der Waals surface area contributed by atoms with E-state index in [0.717, 1.165) is 68.7 Å². The number of hydrogen-bond acceptors (Lipinski definition) is 8. The molecule has 1 spiro atoms. The Hall–Kier alpha value is -3.47. The maximum Gasteiger partial charge on any atom is 0.335 e. The number of sulfone groups is 1. The summed E-state index contributed by atoms with van der Waals surface area (Å²) in [5.74, 6) is 0.461. The molecular weight excluding hydrogens is 650 g/mol. The van der Waals surface area contributed by atoms with Crippen molar-refractivity contribution in [3.8, 4) is 5.75 Å². The summed E-state index contributed by atoms with van der Waals surface area (Å²) in [6.07, 6.45) is 12.4. The minimum atomic E-state index is -3.55. The van der Waals surface area contributed by atoms with Crippen molar-refractivity contribution < 1.29 is 27.8 Å². The maximum atomic E-state index is 12.9. The lowest BCUT2D eigenvalue weighted by molar-refractivity contribution is 0.00323. The summed E-state index contributed by atoms with van der Waals surface area (Å²) in [6, 6.07) is 13.0. The fourth-order valence-corrected chi connectivity index (χ4v) is 10.2. The highest BCUT2D eigenvalue weighted by atomic mass is 35.5. The molecular formula is C37H42ClN3O6S. The van der Waals surface area contributed by atoms with Gasteiger partial charge in [-0.15, -0.1) is 0 Å². The van der Waals surface area contributed by atoms with Gasteiger partial charge in [0.25, 0.3) is 0 Å². The molecule has 48 heavy (non-hydrogen) atoms. The first-order valence-electron chi connectivity index (χ1n) is 16.9. The molecule has 254 valence electrons. The average Bonchev–Trinajstić information content (AvgIpc) is 3.23. The molecule has 4 aliphatic rings. The first-order valence-corrected chi connectivity index (χ1v) is 18.9. The largest absolute Gasteiger partial charge is 0.490 e. The topological polar surface area (TPSA) is 119 Å². The van der Waals surface area contributed by atoms with Gasteiger partial charge in [0.2, 0.25) is 15.0 Å². The van der Waals surface area contributed by atoms with E-state index in [1.165, 1.54) is 29.1 Å². The number of anilines is 1. The molecule has 2 unspecified atom stereocenters. The minimum Gasteiger partial charge on any atom is -0.490 e. The Bertz CT molecular complexity index is 1820. The fraction of sp³-hybridized carbons (Fsp3) is 0.486. The summed E-state index contributed by atoms with van der Waals surface area (Å²) < 4.78 is 38.6. The summed E-state index contributed by atoms with van der Waals surface area (Å²) in [6.45, 7) is 2.01. The van der Waals surface area contributed by atoms with E-state index in [-0.39, 0.29) is 33.9 Å². The van der Waals surface area contributed by atoms with Gasteiger partial charge in [0, 0.05) is 43.0 Å². The molecule has 0 bridgehead atoms. The van der Waals surface area contributed by atoms with Crippen LogP contribution in [-0.2, 0) is 26.4 Å². The predicted octanol–water partition coefficient (Wildman–Crippen LogP) is 6.54. The van der Waals surface area contributed by atoms with Gasteiger partial charge in [-0.2, -0.15) is 0 Å². The van der Waals surface area contributed by atoms with E-state index in [0.29, 0.717) is 30.6 Å². The summed E-state index contributed by atoms with van der Waals surface area (Å²) in [5.41, 5.74) is 4.62. The van der Waals surface area contributed by atoms with Crippen LogP contribution in [-0.4, -0.2) is 68.1 Å². The van der Waals surface area contributed by atoms with Crippen LogP contribution in [0, 0.1) is 17.8 Å². The van der Waals surface area contributed by atoms with Gasteiger partial charge in [-0.05, 0) is 122 Å². The van der Waals surface area contributed by atoms with Gasteiger partial charge in [0.15, 0.2) is 0 Å². The molecule has 11 heteroatoms. The number of allylic oxidation sites excluding steroid dienone is 1. The molecule has 0 radical (unpaired) electrons. The first-order chi connectivity index (χ1) is 23.2. The van der Waals surface area contributed by atoms with E-state index < -0.39 is 15.8 Å². The van der Waals surface area contributed by atoms with Crippen molar-refractivity contribution in [3.05, 3.63) is 88.2 Å². The maximum absolute atomic E-state index is 12.9. The number of aromatic nitrogens is 2. The molecule has 3 aliphatic carbocycles. The molecule has 5 atom stereocenters. The molecule has 0 saturated heterocycles. The van der Waals surface area contributed by atoms with Crippen LogP contribution in [0.3, 0.4) is 0 Å². The number of hydrogen-bond donors (Lipinski definition) is 1. The van der Waals surface area contributed by atoms with Crippen molar-refractivity contribution in [1.82, 2.24) is 9.97 Å². The molecule has 3 aromatic rings. The molecule has 1 fully saturated rings. The van der Waals surface area contributed by atoms with Crippen LogP contribution >= 0.6 is 11.6 Å². The van der Waals surface area contributed by atoms with Crippen molar-refractivity contribution in [2.45, 2.75) is 68.0 Å². The summed E-state index contributed by atoms with van der Waals surface area (Å²) >= 11 is 6.42. The molecule has 9 nitrogen and oxygen atoms in total. The highest BCUT2D eigenvalue weighted by Gasteiger charge is 2.45. The second kappa shape index (κ2) is 13.4. The van der Waals surface area contributed by atoms with Crippen LogP contribution in [0.25, 0.3) is 0 Å². The van der Waals surface area contributed by atoms with Gasteiger partial charge in [0.1, 0.15) is 5.75 Å². The lowest BCUT2D eigenvalue weighted by Crippen LogP contribution is -2.50.